The van der Waals surface area contributed by atoms with Gasteiger partial charge in [0.2, 0.25) is 6.79 Å². The van der Waals surface area contributed by atoms with E-state index in [0.29, 0.717) is 23.6 Å². The molecule has 0 amide bonds. The lowest BCUT2D eigenvalue weighted by molar-refractivity contribution is 0.0267. The van der Waals surface area contributed by atoms with E-state index in [1.54, 1.807) is 18.2 Å². The molecule has 3 rings (SSSR count). The summed E-state index contributed by atoms with van der Waals surface area (Å²) in [5.74, 6) is 0.884. The van der Waals surface area contributed by atoms with Crippen molar-refractivity contribution in [1.82, 2.24) is 4.90 Å². The molecule has 134 valence electrons. The molecule has 2 aromatic carbocycles. The van der Waals surface area contributed by atoms with Crippen LogP contribution in [0.2, 0.25) is 0 Å². The second kappa shape index (κ2) is 8.74. The number of halogens is 1. The van der Waals surface area contributed by atoms with Gasteiger partial charge in [-0.3, -0.25) is 4.90 Å². The van der Waals surface area contributed by atoms with Crippen LogP contribution in [0.3, 0.4) is 0 Å². The zero-order valence-electron chi connectivity index (χ0n) is 14.3. The summed E-state index contributed by atoms with van der Waals surface area (Å²) in [5.41, 5.74) is 1.70. The Hall–Kier alpha value is -2.24. The highest BCUT2D eigenvalue weighted by atomic mass is 35.5. The van der Waals surface area contributed by atoms with Crippen molar-refractivity contribution in [3.63, 3.8) is 0 Å². The Labute approximate surface area is 153 Å². The van der Waals surface area contributed by atoms with Crippen molar-refractivity contribution < 1.29 is 19.0 Å². The minimum absolute atomic E-state index is 0. The molecule has 0 N–H and O–H groups in total. The van der Waals surface area contributed by atoms with Gasteiger partial charge in [0.15, 0.2) is 11.5 Å². The molecular formula is C19H22ClNO4. The predicted molar refractivity (Wildman–Crippen MR) is 97.5 cm³/mol. The molecule has 6 heteroatoms. The highest BCUT2D eigenvalue weighted by molar-refractivity contribution is 5.90. The molecule has 0 bridgehead atoms. The van der Waals surface area contributed by atoms with Crippen LogP contribution >= 0.6 is 12.4 Å². The molecule has 25 heavy (non-hydrogen) atoms. The highest BCUT2D eigenvalue weighted by Gasteiger charge is 2.19. The first-order valence-corrected chi connectivity index (χ1v) is 7.95. The van der Waals surface area contributed by atoms with Gasteiger partial charge in [-0.25, -0.2) is 4.79 Å². The van der Waals surface area contributed by atoms with Crippen molar-refractivity contribution in [3.8, 4) is 11.5 Å². The molecule has 1 unspecified atom stereocenters. The zero-order chi connectivity index (χ0) is 16.9. The van der Waals surface area contributed by atoms with Crippen molar-refractivity contribution >= 4 is 18.4 Å². The Kier molecular flexibility index (Phi) is 6.67. The topological polar surface area (TPSA) is 48.0 Å². The van der Waals surface area contributed by atoms with Crippen LogP contribution in [0.1, 0.15) is 22.8 Å². The van der Waals surface area contributed by atoms with Crippen LogP contribution in [-0.2, 0) is 11.3 Å². The van der Waals surface area contributed by atoms with Crippen LogP contribution in [0, 0.1) is 0 Å². The first kappa shape index (κ1) is 19.1. The summed E-state index contributed by atoms with van der Waals surface area (Å²) in [6, 6.07) is 15.3. The normalized spacial score (nSPS) is 13.2. The van der Waals surface area contributed by atoms with Crippen molar-refractivity contribution in [2.75, 3.05) is 20.4 Å². The summed E-state index contributed by atoms with van der Waals surface area (Å²) in [6.45, 7) is 3.55. The number of hydrogen-bond acceptors (Lipinski definition) is 5. The number of carbonyl (C=O) groups excluding carboxylic acids is 1. The van der Waals surface area contributed by atoms with Crippen LogP contribution < -0.4 is 9.47 Å². The van der Waals surface area contributed by atoms with Crippen molar-refractivity contribution in [1.29, 1.82) is 0 Å². The molecule has 0 spiro atoms. The molecule has 2 aromatic rings. The molecule has 0 fully saturated rings. The van der Waals surface area contributed by atoms with Crippen molar-refractivity contribution in [2.45, 2.75) is 19.6 Å². The van der Waals surface area contributed by atoms with Crippen molar-refractivity contribution in [3.05, 3.63) is 59.7 Å². The summed E-state index contributed by atoms with van der Waals surface area (Å²) in [5, 5.41) is 0. The van der Waals surface area contributed by atoms with E-state index in [-0.39, 0.29) is 31.3 Å². The monoisotopic (exact) mass is 363 g/mol. The Morgan fingerprint density at radius 2 is 1.88 bits per heavy atom. The number of likely N-dealkylation sites (N-methyl/N-ethyl adjacent to an activating group) is 1. The van der Waals surface area contributed by atoms with E-state index in [1.165, 1.54) is 5.56 Å². The molecule has 0 radical (unpaired) electrons. The Bertz CT molecular complexity index is 708. The standard InChI is InChI=1S/C19H21NO4.ClH/c1-14(11-20(2)12-15-6-4-3-5-7-15)24-19(21)16-8-9-17-18(10-16)23-13-22-17;/h3-10,14H,11-13H2,1-2H3;1H. The molecule has 0 saturated carbocycles. The Morgan fingerprint density at radius 1 is 1.16 bits per heavy atom. The van der Waals surface area contributed by atoms with Gasteiger partial charge in [0.25, 0.3) is 0 Å². The summed E-state index contributed by atoms with van der Waals surface area (Å²) >= 11 is 0. The second-order valence-corrected chi connectivity index (χ2v) is 5.97. The van der Waals surface area contributed by atoms with Gasteiger partial charge in [-0.05, 0) is 37.7 Å². The van der Waals surface area contributed by atoms with Crippen LogP contribution in [0.5, 0.6) is 11.5 Å². The number of nitrogens with zero attached hydrogens (tertiary/aromatic N) is 1. The lowest BCUT2D eigenvalue weighted by Crippen LogP contribution is -2.30. The first-order chi connectivity index (χ1) is 11.6. The van der Waals surface area contributed by atoms with Gasteiger partial charge in [0, 0.05) is 13.1 Å². The third-order valence-electron chi connectivity index (χ3n) is 3.78. The number of esters is 1. The van der Waals surface area contributed by atoms with Gasteiger partial charge in [-0.2, -0.15) is 0 Å². The smallest absolute Gasteiger partial charge is 0.338 e. The fraction of sp³-hybridized carbons (Fsp3) is 0.316. The van der Waals surface area contributed by atoms with Crippen molar-refractivity contribution in [2.24, 2.45) is 0 Å². The SMILES string of the molecule is CC(CN(C)Cc1ccccc1)OC(=O)c1ccc2c(c1)OCO2.Cl. The molecule has 5 nitrogen and oxygen atoms in total. The van der Waals surface area contributed by atoms with E-state index in [0.717, 1.165) is 6.54 Å². The van der Waals surface area contributed by atoms with Crippen LogP contribution in [0.15, 0.2) is 48.5 Å². The van der Waals surface area contributed by atoms with E-state index >= 15 is 0 Å². The molecule has 0 aliphatic carbocycles. The Balaban J connectivity index is 0.00000225. The molecular weight excluding hydrogens is 342 g/mol. The van der Waals surface area contributed by atoms with Crippen LogP contribution in [0.25, 0.3) is 0 Å². The molecule has 1 aliphatic heterocycles. The highest BCUT2D eigenvalue weighted by Crippen LogP contribution is 2.32. The fourth-order valence-corrected chi connectivity index (χ4v) is 2.71. The summed E-state index contributed by atoms with van der Waals surface area (Å²) in [4.78, 5) is 14.4. The molecule has 1 heterocycles. The minimum Gasteiger partial charge on any atom is -0.458 e. The van der Waals surface area contributed by atoms with Gasteiger partial charge in [-0.15, -0.1) is 12.4 Å². The molecule has 0 aromatic heterocycles. The van der Waals surface area contributed by atoms with E-state index in [4.69, 9.17) is 14.2 Å². The van der Waals surface area contributed by atoms with Gasteiger partial charge in [0.1, 0.15) is 6.10 Å². The van der Waals surface area contributed by atoms with E-state index in [2.05, 4.69) is 17.0 Å². The number of ether oxygens (including phenoxy) is 3. The summed E-state index contributed by atoms with van der Waals surface area (Å²) in [7, 11) is 2.01. The summed E-state index contributed by atoms with van der Waals surface area (Å²) < 4.78 is 16.1. The quantitative estimate of drug-likeness (QED) is 0.735. The second-order valence-electron chi connectivity index (χ2n) is 5.97. The number of fused-ring (bicyclic) bond motifs is 1. The average Bonchev–Trinajstić information content (AvgIpc) is 3.02. The average molecular weight is 364 g/mol. The van der Waals surface area contributed by atoms with Gasteiger partial charge in [-0.1, -0.05) is 30.3 Å². The predicted octanol–water partition coefficient (Wildman–Crippen LogP) is 3.51. The van der Waals surface area contributed by atoms with Gasteiger partial charge >= 0.3 is 5.97 Å². The van der Waals surface area contributed by atoms with E-state index in [1.807, 2.05) is 32.2 Å². The first-order valence-electron chi connectivity index (χ1n) is 7.95. The maximum atomic E-state index is 12.3. The zero-order valence-corrected chi connectivity index (χ0v) is 15.1. The number of carbonyl (C=O) groups is 1. The Morgan fingerprint density at radius 3 is 2.64 bits per heavy atom. The summed E-state index contributed by atoms with van der Waals surface area (Å²) in [6.07, 6.45) is -0.211. The number of hydrogen-bond donors (Lipinski definition) is 0. The molecule has 0 saturated heterocycles. The minimum atomic E-state index is -0.353. The lowest BCUT2D eigenvalue weighted by atomic mass is 10.2. The van der Waals surface area contributed by atoms with Crippen LogP contribution in [0.4, 0.5) is 0 Å². The molecule has 1 aliphatic rings. The molecule has 1 atom stereocenters. The largest absolute Gasteiger partial charge is 0.458 e. The third-order valence-corrected chi connectivity index (χ3v) is 3.78. The maximum absolute atomic E-state index is 12.3. The van der Waals surface area contributed by atoms with E-state index in [9.17, 15) is 4.79 Å². The lowest BCUT2D eigenvalue weighted by Gasteiger charge is -2.21. The van der Waals surface area contributed by atoms with Gasteiger partial charge in [0.05, 0.1) is 5.56 Å². The van der Waals surface area contributed by atoms with Gasteiger partial charge < -0.3 is 14.2 Å². The number of rotatable bonds is 6. The fourth-order valence-electron chi connectivity index (χ4n) is 2.71. The maximum Gasteiger partial charge on any atom is 0.338 e. The van der Waals surface area contributed by atoms with Crippen LogP contribution in [-0.4, -0.2) is 37.4 Å². The third kappa shape index (κ3) is 5.11. The van der Waals surface area contributed by atoms with E-state index < -0.39 is 0 Å². The number of benzene rings is 2.